The molecule has 0 saturated carbocycles. The smallest absolute Gasteiger partial charge is 0.0963 e. The number of hydrogen-bond acceptors (Lipinski definition) is 5. The van der Waals surface area contributed by atoms with Gasteiger partial charge in [0.05, 0.1) is 32.0 Å². The van der Waals surface area contributed by atoms with Gasteiger partial charge in [0.1, 0.15) is 0 Å². The van der Waals surface area contributed by atoms with E-state index >= 15 is 0 Å². The summed E-state index contributed by atoms with van der Waals surface area (Å²) in [5.74, 6) is 0. The van der Waals surface area contributed by atoms with Gasteiger partial charge in [-0.05, 0) is 24.5 Å². The normalized spacial score (nSPS) is 29.1. The molecule has 2 atom stereocenters. The quantitative estimate of drug-likeness (QED) is 0.841. The number of hydrogen-bond donors (Lipinski definition) is 0. The number of benzene rings is 1. The third kappa shape index (κ3) is 3.75. The van der Waals surface area contributed by atoms with Crippen LogP contribution in [0.15, 0.2) is 24.3 Å². The Kier molecular flexibility index (Phi) is 5.33. The van der Waals surface area contributed by atoms with Crippen LogP contribution in [0.3, 0.4) is 0 Å². The SMILES string of the molecule is c1ccc(N2CCOCC2)c(CN2CCO[C@H]([C@@H]3CCCO3)C2)c1. The number of para-hydroxylation sites is 1. The summed E-state index contributed by atoms with van der Waals surface area (Å²) in [6.45, 7) is 8.29. The third-order valence-corrected chi connectivity index (χ3v) is 5.29. The summed E-state index contributed by atoms with van der Waals surface area (Å²) in [5, 5.41) is 0. The van der Waals surface area contributed by atoms with Crippen molar-refractivity contribution in [2.45, 2.75) is 31.6 Å². The summed E-state index contributed by atoms with van der Waals surface area (Å²) in [7, 11) is 0. The molecule has 24 heavy (non-hydrogen) atoms. The zero-order valence-electron chi connectivity index (χ0n) is 14.4. The molecule has 3 heterocycles. The van der Waals surface area contributed by atoms with Crippen molar-refractivity contribution >= 4 is 5.69 Å². The average Bonchev–Trinajstić information content (AvgIpc) is 3.18. The van der Waals surface area contributed by atoms with Crippen molar-refractivity contribution in [2.24, 2.45) is 0 Å². The van der Waals surface area contributed by atoms with Gasteiger partial charge in [0.15, 0.2) is 0 Å². The topological polar surface area (TPSA) is 34.2 Å². The van der Waals surface area contributed by atoms with Crippen LogP contribution < -0.4 is 4.90 Å². The molecule has 0 spiro atoms. The third-order valence-electron chi connectivity index (χ3n) is 5.29. The molecular weight excluding hydrogens is 304 g/mol. The van der Waals surface area contributed by atoms with Gasteiger partial charge in [0.25, 0.3) is 0 Å². The Hall–Kier alpha value is -1.14. The lowest BCUT2D eigenvalue weighted by Gasteiger charge is -2.36. The van der Waals surface area contributed by atoms with E-state index in [1.807, 2.05) is 0 Å². The van der Waals surface area contributed by atoms with Crippen LogP contribution in [0.25, 0.3) is 0 Å². The summed E-state index contributed by atoms with van der Waals surface area (Å²) >= 11 is 0. The molecule has 1 aromatic carbocycles. The highest BCUT2D eigenvalue weighted by molar-refractivity contribution is 5.53. The summed E-state index contributed by atoms with van der Waals surface area (Å²) < 4.78 is 17.3. The fraction of sp³-hybridized carbons (Fsp3) is 0.684. The van der Waals surface area contributed by atoms with Gasteiger partial charge in [-0.3, -0.25) is 4.90 Å². The second kappa shape index (κ2) is 7.83. The van der Waals surface area contributed by atoms with Gasteiger partial charge in [-0.25, -0.2) is 0 Å². The standard InChI is InChI=1S/C19H28N2O3/c1-2-5-17(21-8-11-22-12-9-21)16(4-1)14-20-7-13-24-19(15-20)18-6-3-10-23-18/h1-2,4-5,18-19H,3,6-15H2/t18-,19-/m0/s1. The van der Waals surface area contributed by atoms with Crippen LogP contribution in [0, 0.1) is 0 Å². The van der Waals surface area contributed by atoms with Crippen LogP contribution in [0.4, 0.5) is 5.69 Å². The lowest BCUT2D eigenvalue weighted by molar-refractivity contribution is -0.0959. The van der Waals surface area contributed by atoms with E-state index in [0.29, 0.717) is 6.10 Å². The molecule has 0 aliphatic carbocycles. The number of anilines is 1. The minimum atomic E-state index is 0.233. The first-order valence-electron chi connectivity index (χ1n) is 9.26. The van der Waals surface area contributed by atoms with Gasteiger partial charge >= 0.3 is 0 Å². The molecule has 0 aromatic heterocycles. The summed E-state index contributed by atoms with van der Waals surface area (Å²) in [4.78, 5) is 4.98. The van der Waals surface area contributed by atoms with Gasteiger partial charge in [-0.1, -0.05) is 18.2 Å². The van der Waals surface area contributed by atoms with Crippen LogP contribution in [0.1, 0.15) is 18.4 Å². The maximum absolute atomic E-state index is 5.98. The molecule has 3 aliphatic rings. The van der Waals surface area contributed by atoms with E-state index in [-0.39, 0.29) is 6.10 Å². The van der Waals surface area contributed by atoms with E-state index in [0.717, 1.165) is 65.6 Å². The van der Waals surface area contributed by atoms with Gasteiger partial charge in [-0.2, -0.15) is 0 Å². The van der Waals surface area contributed by atoms with Crippen LogP contribution >= 0.6 is 0 Å². The minimum Gasteiger partial charge on any atom is -0.378 e. The van der Waals surface area contributed by atoms with Crippen molar-refractivity contribution in [3.8, 4) is 0 Å². The molecule has 3 fully saturated rings. The van der Waals surface area contributed by atoms with Crippen LogP contribution in [0.2, 0.25) is 0 Å². The van der Waals surface area contributed by atoms with Crippen molar-refractivity contribution in [3.05, 3.63) is 29.8 Å². The Morgan fingerprint density at radius 3 is 2.58 bits per heavy atom. The van der Waals surface area contributed by atoms with Crippen LogP contribution in [-0.4, -0.2) is 69.7 Å². The van der Waals surface area contributed by atoms with Crippen molar-refractivity contribution in [1.82, 2.24) is 4.90 Å². The monoisotopic (exact) mass is 332 g/mol. The fourth-order valence-corrected chi connectivity index (χ4v) is 3.99. The maximum Gasteiger partial charge on any atom is 0.0963 e. The van der Waals surface area contributed by atoms with E-state index in [4.69, 9.17) is 14.2 Å². The molecule has 1 aromatic rings. The lowest BCUT2D eigenvalue weighted by atomic mass is 10.1. The first-order valence-corrected chi connectivity index (χ1v) is 9.26. The lowest BCUT2D eigenvalue weighted by Crippen LogP contribution is -2.47. The molecule has 0 radical (unpaired) electrons. The Morgan fingerprint density at radius 1 is 0.917 bits per heavy atom. The first-order chi connectivity index (χ1) is 11.9. The molecule has 0 amide bonds. The average molecular weight is 332 g/mol. The first kappa shape index (κ1) is 16.3. The number of morpholine rings is 2. The highest BCUT2D eigenvalue weighted by Gasteiger charge is 2.31. The van der Waals surface area contributed by atoms with E-state index in [9.17, 15) is 0 Å². The van der Waals surface area contributed by atoms with E-state index in [1.165, 1.54) is 17.7 Å². The number of nitrogens with zero attached hydrogens (tertiary/aromatic N) is 2. The van der Waals surface area contributed by atoms with Crippen LogP contribution in [-0.2, 0) is 20.8 Å². The Morgan fingerprint density at radius 2 is 1.75 bits per heavy atom. The number of rotatable bonds is 4. The summed E-state index contributed by atoms with van der Waals surface area (Å²) in [6, 6.07) is 8.81. The molecule has 5 nitrogen and oxygen atoms in total. The highest BCUT2D eigenvalue weighted by Crippen LogP contribution is 2.25. The van der Waals surface area contributed by atoms with E-state index in [2.05, 4.69) is 34.1 Å². The molecule has 4 rings (SSSR count). The van der Waals surface area contributed by atoms with Gasteiger partial charge in [-0.15, -0.1) is 0 Å². The summed E-state index contributed by atoms with van der Waals surface area (Å²) in [5.41, 5.74) is 2.77. The van der Waals surface area contributed by atoms with Crippen molar-refractivity contribution in [2.75, 3.05) is 57.5 Å². The molecule has 3 aliphatic heterocycles. The van der Waals surface area contributed by atoms with Crippen molar-refractivity contribution < 1.29 is 14.2 Å². The molecule has 0 N–H and O–H groups in total. The van der Waals surface area contributed by atoms with Gasteiger partial charge < -0.3 is 19.1 Å². The molecular formula is C19H28N2O3. The highest BCUT2D eigenvalue weighted by atomic mass is 16.5. The fourth-order valence-electron chi connectivity index (χ4n) is 3.99. The predicted molar refractivity (Wildman–Crippen MR) is 93.5 cm³/mol. The second-order valence-corrected chi connectivity index (χ2v) is 6.92. The van der Waals surface area contributed by atoms with E-state index < -0.39 is 0 Å². The van der Waals surface area contributed by atoms with Crippen molar-refractivity contribution in [1.29, 1.82) is 0 Å². The van der Waals surface area contributed by atoms with Crippen LogP contribution in [0.5, 0.6) is 0 Å². The zero-order valence-corrected chi connectivity index (χ0v) is 14.4. The van der Waals surface area contributed by atoms with Gasteiger partial charge in [0.2, 0.25) is 0 Å². The molecule has 5 heteroatoms. The molecule has 132 valence electrons. The maximum atomic E-state index is 5.98. The molecule has 0 unspecified atom stereocenters. The zero-order chi connectivity index (χ0) is 16.2. The van der Waals surface area contributed by atoms with Gasteiger partial charge in [0, 0.05) is 45.0 Å². The predicted octanol–water partition coefficient (Wildman–Crippen LogP) is 1.90. The number of ether oxygens (including phenoxy) is 3. The van der Waals surface area contributed by atoms with E-state index in [1.54, 1.807) is 0 Å². The largest absolute Gasteiger partial charge is 0.378 e. The summed E-state index contributed by atoms with van der Waals surface area (Å²) in [6.07, 6.45) is 2.84. The minimum absolute atomic E-state index is 0.233. The molecule has 3 saturated heterocycles. The second-order valence-electron chi connectivity index (χ2n) is 6.92. The Balaban J connectivity index is 1.42. The Labute approximate surface area is 144 Å². The molecule has 0 bridgehead atoms. The Bertz CT molecular complexity index is 527. The van der Waals surface area contributed by atoms with Crippen molar-refractivity contribution in [3.63, 3.8) is 0 Å².